The number of anilines is 2. The quantitative estimate of drug-likeness (QED) is 0.640. The summed E-state index contributed by atoms with van der Waals surface area (Å²) < 4.78 is 4.90. The summed E-state index contributed by atoms with van der Waals surface area (Å²) >= 11 is 11.6. The first-order chi connectivity index (χ1) is 11.4. The Morgan fingerprint density at radius 2 is 1.83 bits per heavy atom. The van der Waals surface area contributed by atoms with Crippen molar-refractivity contribution in [2.75, 3.05) is 17.7 Å². The van der Waals surface area contributed by atoms with Gasteiger partial charge >= 0.3 is 5.97 Å². The molecule has 0 bridgehead atoms. The molecule has 0 fully saturated rings. The molecule has 0 saturated carbocycles. The van der Waals surface area contributed by atoms with Crippen LogP contribution in [0.2, 0.25) is 10.0 Å². The molecule has 0 aromatic heterocycles. The first-order valence-corrected chi connectivity index (χ1v) is 7.38. The SMILES string of the molecule is N#Cc1ccc(Cl)cc1NC(=O)COC(=O)c1cc(Cl)ccc1N. The van der Waals surface area contributed by atoms with Crippen LogP contribution in [0.1, 0.15) is 15.9 Å². The predicted molar refractivity (Wildman–Crippen MR) is 90.9 cm³/mol. The van der Waals surface area contributed by atoms with Gasteiger partial charge in [0.15, 0.2) is 6.61 Å². The number of carbonyl (C=O) groups is 2. The minimum atomic E-state index is -0.781. The number of ether oxygens (including phenoxy) is 1. The van der Waals surface area contributed by atoms with Crippen molar-refractivity contribution in [1.82, 2.24) is 0 Å². The fourth-order valence-electron chi connectivity index (χ4n) is 1.82. The second-order valence-corrected chi connectivity index (χ2v) is 5.53. The van der Waals surface area contributed by atoms with E-state index in [1.54, 1.807) is 0 Å². The van der Waals surface area contributed by atoms with Crippen molar-refractivity contribution in [3.05, 3.63) is 57.6 Å². The monoisotopic (exact) mass is 363 g/mol. The van der Waals surface area contributed by atoms with Crippen LogP contribution in [0, 0.1) is 11.3 Å². The van der Waals surface area contributed by atoms with Crippen LogP contribution in [-0.4, -0.2) is 18.5 Å². The van der Waals surface area contributed by atoms with Crippen molar-refractivity contribution < 1.29 is 14.3 Å². The lowest BCUT2D eigenvalue weighted by molar-refractivity contribution is -0.119. The van der Waals surface area contributed by atoms with Gasteiger partial charge in [-0.05, 0) is 36.4 Å². The molecule has 0 radical (unpaired) electrons. The van der Waals surface area contributed by atoms with Gasteiger partial charge in [-0.3, -0.25) is 4.79 Å². The molecule has 1 amide bonds. The highest BCUT2D eigenvalue weighted by molar-refractivity contribution is 6.31. The molecule has 122 valence electrons. The number of nitrogen functional groups attached to an aromatic ring is 1. The lowest BCUT2D eigenvalue weighted by Crippen LogP contribution is -2.21. The summed E-state index contributed by atoms with van der Waals surface area (Å²) in [7, 11) is 0. The van der Waals surface area contributed by atoms with E-state index in [4.69, 9.17) is 38.9 Å². The lowest BCUT2D eigenvalue weighted by atomic mass is 10.2. The maximum absolute atomic E-state index is 11.9. The number of carbonyl (C=O) groups excluding carboxylic acids is 2. The molecule has 0 aliphatic heterocycles. The summed E-state index contributed by atoms with van der Waals surface area (Å²) in [5, 5.41) is 12.1. The Labute approximate surface area is 147 Å². The van der Waals surface area contributed by atoms with Gasteiger partial charge in [-0.15, -0.1) is 0 Å². The van der Waals surface area contributed by atoms with Crippen LogP contribution in [0.15, 0.2) is 36.4 Å². The number of nitrogens with one attached hydrogen (secondary N) is 1. The highest BCUT2D eigenvalue weighted by Crippen LogP contribution is 2.21. The average Bonchev–Trinajstić information content (AvgIpc) is 2.55. The second kappa shape index (κ2) is 7.68. The number of nitrogens with zero attached hydrogens (tertiary/aromatic N) is 1. The first kappa shape index (κ1) is 17.6. The van der Waals surface area contributed by atoms with Crippen LogP contribution < -0.4 is 11.1 Å². The van der Waals surface area contributed by atoms with Gasteiger partial charge < -0.3 is 15.8 Å². The average molecular weight is 364 g/mol. The third kappa shape index (κ3) is 4.38. The van der Waals surface area contributed by atoms with Crippen LogP contribution in [0.4, 0.5) is 11.4 Å². The molecule has 0 saturated heterocycles. The van der Waals surface area contributed by atoms with Gasteiger partial charge in [0.05, 0.1) is 16.8 Å². The molecule has 0 atom stereocenters. The molecule has 0 aliphatic carbocycles. The van der Waals surface area contributed by atoms with Gasteiger partial charge in [-0.1, -0.05) is 23.2 Å². The fourth-order valence-corrected chi connectivity index (χ4v) is 2.16. The van der Waals surface area contributed by atoms with Crippen molar-refractivity contribution in [3.63, 3.8) is 0 Å². The smallest absolute Gasteiger partial charge is 0.340 e. The van der Waals surface area contributed by atoms with Crippen molar-refractivity contribution in [3.8, 4) is 6.07 Å². The van der Waals surface area contributed by atoms with Crippen LogP contribution in [0.5, 0.6) is 0 Å². The number of nitriles is 1. The van der Waals surface area contributed by atoms with Crippen molar-refractivity contribution in [2.24, 2.45) is 0 Å². The zero-order chi connectivity index (χ0) is 17.7. The van der Waals surface area contributed by atoms with E-state index in [9.17, 15) is 9.59 Å². The van der Waals surface area contributed by atoms with E-state index in [0.29, 0.717) is 10.0 Å². The second-order valence-electron chi connectivity index (χ2n) is 4.66. The minimum absolute atomic E-state index is 0.0655. The third-order valence-electron chi connectivity index (χ3n) is 2.95. The van der Waals surface area contributed by atoms with Crippen molar-refractivity contribution in [1.29, 1.82) is 5.26 Å². The van der Waals surface area contributed by atoms with Gasteiger partial charge in [0.25, 0.3) is 5.91 Å². The number of hydrogen-bond donors (Lipinski definition) is 2. The molecule has 0 heterocycles. The Kier molecular flexibility index (Phi) is 5.64. The minimum Gasteiger partial charge on any atom is -0.452 e. The molecule has 2 aromatic rings. The van der Waals surface area contributed by atoms with Crippen LogP contribution in [0.3, 0.4) is 0 Å². The normalized spacial score (nSPS) is 9.88. The Morgan fingerprint density at radius 1 is 1.17 bits per heavy atom. The molecule has 24 heavy (non-hydrogen) atoms. The Bertz CT molecular complexity index is 847. The van der Waals surface area contributed by atoms with Crippen LogP contribution >= 0.6 is 23.2 Å². The summed E-state index contributed by atoms with van der Waals surface area (Å²) in [6.07, 6.45) is 0. The number of hydrogen-bond acceptors (Lipinski definition) is 5. The molecule has 0 spiro atoms. The highest BCUT2D eigenvalue weighted by atomic mass is 35.5. The van der Waals surface area contributed by atoms with E-state index in [2.05, 4.69) is 5.32 Å². The summed E-state index contributed by atoms with van der Waals surface area (Å²) in [5.74, 6) is -1.40. The maximum Gasteiger partial charge on any atom is 0.340 e. The zero-order valence-corrected chi connectivity index (χ0v) is 13.7. The molecular formula is C16H11Cl2N3O3. The number of esters is 1. The van der Waals surface area contributed by atoms with E-state index < -0.39 is 18.5 Å². The van der Waals surface area contributed by atoms with Gasteiger partial charge in [0, 0.05) is 15.7 Å². The van der Waals surface area contributed by atoms with Gasteiger partial charge in [0.1, 0.15) is 6.07 Å². The van der Waals surface area contributed by atoms with Crippen molar-refractivity contribution in [2.45, 2.75) is 0 Å². The predicted octanol–water partition coefficient (Wildman–Crippen LogP) is 3.24. The first-order valence-electron chi connectivity index (χ1n) is 6.62. The van der Waals surface area contributed by atoms with Crippen molar-refractivity contribution >= 4 is 46.5 Å². The van der Waals surface area contributed by atoms with E-state index >= 15 is 0 Å². The molecule has 8 heteroatoms. The third-order valence-corrected chi connectivity index (χ3v) is 3.42. The zero-order valence-electron chi connectivity index (χ0n) is 12.2. The van der Waals surface area contributed by atoms with E-state index in [1.165, 1.54) is 36.4 Å². The number of halogens is 2. The molecule has 2 aromatic carbocycles. The van der Waals surface area contributed by atoms with E-state index in [-0.39, 0.29) is 22.5 Å². The summed E-state index contributed by atoms with van der Waals surface area (Å²) in [6.45, 7) is -0.553. The Balaban J connectivity index is 2.01. The van der Waals surface area contributed by atoms with Gasteiger partial charge in [0.2, 0.25) is 0 Å². The molecule has 0 unspecified atom stereocenters. The summed E-state index contributed by atoms with van der Waals surface area (Å²) in [5.41, 5.74) is 6.38. The molecule has 3 N–H and O–H groups in total. The number of benzene rings is 2. The van der Waals surface area contributed by atoms with Crippen LogP contribution in [0.25, 0.3) is 0 Å². The molecular weight excluding hydrogens is 353 g/mol. The lowest BCUT2D eigenvalue weighted by Gasteiger charge is -2.09. The summed E-state index contributed by atoms with van der Waals surface area (Å²) in [6, 6.07) is 10.7. The Morgan fingerprint density at radius 3 is 2.54 bits per heavy atom. The summed E-state index contributed by atoms with van der Waals surface area (Å²) in [4.78, 5) is 23.8. The largest absolute Gasteiger partial charge is 0.452 e. The van der Waals surface area contributed by atoms with Gasteiger partial charge in [-0.2, -0.15) is 5.26 Å². The maximum atomic E-state index is 11.9. The van der Waals surface area contributed by atoms with E-state index in [0.717, 1.165) is 0 Å². The topological polar surface area (TPSA) is 105 Å². The molecule has 6 nitrogen and oxygen atoms in total. The highest BCUT2D eigenvalue weighted by Gasteiger charge is 2.15. The van der Waals surface area contributed by atoms with Gasteiger partial charge in [-0.25, -0.2) is 4.79 Å². The number of amides is 1. The number of rotatable bonds is 4. The standard InChI is InChI=1S/C16H11Cl2N3O3/c17-10-3-4-13(20)12(5-10)16(23)24-8-15(22)21-14-6-11(18)2-1-9(14)7-19/h1-6H,8,20H2,(H,21,22). The number of nitrogens with two attached hydrogens (primary N) is 1. The van der Waals surface area contributed by atoms with E-state index in [1.807, 2.05) is 6.07 Å². The molecule has 0 aliphatic rings. The Hall–Kier alpha value is -2.75. The van der Waals surface area contributed by atoms with Crippen LogP contribution in [-0.2, 0) is 9.53 Å². The fraction of sp³-hybridized carbons (Fsp3) is 0.0625. The molecule has 2 rings (SSSR count).